The summed E-state index contributed by atoms with van der Waals surface area (Å²) in [5.41, 5.74) is 0.136. The molecule has 0 unspecified atom stereocenters. The smallest absolute Gasteiger partial charge is 0.263 e. The van der Waals surface area contributed by atoms with E-state index in [1.165, 1.54) is 19.1 Å². The second-order valence-corrected chi connectivity index (χ2v) is 3.07. The van der Waals surface area contributed by atoms with E-state index >= 15 is 0 Å². The van der Waals surface area contributed by atoms with Gasteiger partial charge in [0, 0.05) is 17.5 Å². The van der Waals surface area contributed by atoms with Gasteiger partial charge in [-0.05, 0) is 13.0 Å². The van der Waals surface area contributed by atoms with Gasteiger partial charge in [-0.1, -0.05) is 12.1 Å². The van der Waals surface area contributed by atoms with Crippen molar-refractivity contribution in [3.8, 4) is 5.75 Å². The van der Waals surface area contributed by atoms with Crippen LogP contribution < -0.4 is 0 Å². The van der Waals surface area contributed by atoms with Gasteiger partial charge in [-0.3, -0.25) is 4.79 Å². The number of alkyl halides is 2. The predicted octanol–water partition coefficient (Wildman–Crippen LogP) is 2.46. The first-order valence-corrected chi connectivity index (χ1v) is 4.10. The highest BCUT2D eigenvalue weighted by Crippen LogP contribution is 2.25. The molecule has 0 aliphatic carbocycles. The molecule has 0 aromatic heterocycles. The van der Waals surface area contributed by atoms with E-state index in [9.17, 15) is 18.7 Å². The lowest BCUT2D eigenvalue weighted by molar-refractivity contribution is -0.116. The highest BCUT2D eigenvalue weighted by atomic mass is 19.3. The van der Waals surface area contributed by atoms with Gasteiger partial charge in [0.25, 0.3) is 6.43 Å². The Kier molecular flexibility index (Phi) is 3.17. The van der Waals surface area contributed by atoms with Crippen molar-refractivity contribution in [1.29, 1.82) is 0 Å². The molecule has 1 aromatic rings. The molecule has 1 aromatic carbocycles. The van der Waals surface area contributed by atoms with Gasteiger partial charge >= 0.3 is 0 Å². The van der Waals surface area contributed by atoms with Crippen LogP contribution in [0.4, 0.5) is 8.78 Å². The van der Waals surface area contributed by atoms with E-state index < -0.39 is 6.43 Å². The molecule has 0 aliphatic heterocycles. The number of hydrogen-bond donors (Lipinski definition) is 1. The minimum Gasteiger partial charge on any atom is -0.508 e. The van der Waals surface area contributed by atoms with Crippen molar-refractivity contribution >= 4 is 5.78 Å². The van der Waals surface area contributed by atoms with Gasteiger partial charge in [-0.15, -0.1) is 0 Å². The van der Waals surface area contributed by atoms with Crippen LogP contribution in [-0.4, -0.2) is 10.9 Å². The summed E-state index contributed by atoms with van der Waals surface area (Å²) < 4.78 is 24.3. The van der Waals surface area contributed by atoms with E-state index in [0.717, 1.165) is 6.07 Å². The molecule has 0 saturated heterocycles. The maximum Gasteiger partial charge on any atom is 0.263 e. The third-order valence-electron chi connectivity index (χ3n) is 1.80. The SMILES string of the molecule is CC(=O)Cc1ccc(C(F)F)cc1O. The molecule has 0 aliphatic rings. The number of carbonyl (C=O) groups excluding carboxylic acids is 1. The second-order valence-electron chi connectivity index (χ2n) is 3.07. The molecule has 0 fully saturated rings. The summed E-state index contributed by atoms with van der Waals surface area (Å²) in [4.78, 5) is 10.7. The Hall–Kier alpha value is -1.45. The number of benzene rings is 1. The van der Waals surface area contributed by atoms with Crippen LogP contribution in [0.15, 0.2) is 18.2 Å². The van der Waals surface area contributed by atoms with Crippen molar-refractivity contribution in [3.05, 3.63) is 29.3 Å². The lowest BCUT2D eigenvalue weighted by Gasteiger charge is -2.04. The van der Waals surface area contributed by atoms with E-state index in [0.29, 0.717) is 5.56 Å². The Morgan fingerprint density at radius 2 is 2.14 bits per heavy atom. The van der Waals surface area contributed by atoms with Crippen LogP contribution in [-0.2, 0) is 11.2 Å². The van der Waals surface area contributed by atoms with Gasteiger partial charge in [-0.25, -0.2) is 8.78 Å². The lowest BCUT2D eigenvalue weighted by atomic mass is 10.1. The molecule has 0 bridgehead atoms. The minimum absolute atomic E-state index is 0.0648. The van der Waals surface area contributed by atoms with Gasteiger partial charge < -0.3 is 5.11 Å². The minimum atomic E-state index is -2.60. The van der Waals surface area contributed by atoms with Gasteiger partial charge in [0.05, 0.1) is 0 Å². The largest absolute Gasteiger partial charge is 0.508 e. The number of carbonyl (C=O) groups is 1. The van der Waals surface area contributed by atoms with Crippen molar-refractivity contribution in [2.24, 2.45) is 0 Å². The number of halogens is 2. The first-order chi connectivity index (χ1) is 6.50. The topological polar surface area (TPSA) is 37.3 Å². The van der Waals surface area contributed by atoms with E-state index in [1.54, 1.807) is 0 Å². The van der Waals surface area contributed by atoms with Crippen LogP contribution in [0.5, 0.6) is 5.75 Å². The third-order valence-corrected chi connectivity index (χ3v) is 1.80. The van der Waals surface area contributed by atoms with E-state index in [4.69, 9.17) is 0 Å². The highest BCUT2D eigenvalue weighted by Gasteiger charge is 2.10. The van der Waals surface area contributed by atoms with Crippen LogP contribution in [0.3, 0.4) is 0 Å². The average Bonchev–Trinajstić information content (AvgIpc) is 2.07. The normalized spacial score (nSPS) is 10.6. The standard InChI is InChI=1S/C10H10F2O2/c1-6(13)4-7-2-3-8(10(11)12)5-9(7)14/h2-3,5,10,14H,4H2,1H3. The van der Waals surface area contributed by atoms with E-state index in [2.05, 4.69) is 0 Å². The van der Waals surface area contributed by atoms with Gasteiger partial charge in [0.15, 0.2) is 0 Å². The molecular formula is C10H10F2O2. The Balaban J connectivity index is 2.95. The maximum atomic E-state index is 12.2. The lowest BCUT2D eigenvalue weighted by Crippen LogP contribution is -1.97. The fraction of sp³-hybridized carbons (Fsp3) is 0.300. The summed E-state index contributed by atoms with van der Waals surface area (Å²) in [6, 6.07) is 3.55. The molecule has 1 N–H and O–H groups in total. The highest BCUT2D eigenvalue weighted by molar-refractivity contribution is 5.78. The quantitative estimate of drug-likeness (QED) is 0.813. The number of rotatable bonds is 3. The summed E-state index contributed by atoms with van der Waals surface area (Å²) in [6.07, 6.45) is -2.54. The summed E-state index contributed by atoms with van der Waals surface area (Å²) in [6.45, 7) is 1.38. The van der Waals surface area contributed by atoms with Gasteiger partial charge in [-0.2, -0.15) is 0 Å². The number of ketones is 1. The summed E-state index contributed by atoms with van der Waals surface area (Å²) in [5.74, 6) is -0.372. The van der Waals surface area contributed by atoms with Crippen molar-refractivity contribution in [3.63, 3.8) is 0 Å². The Bertz CT molecular complexity index is 348. The van der Waals surface area contributed by atoms with Crippen molar-refractivity contribution < 1.29 is 18.7 Å². The zero-order valence-electron chi connectivity index (χ0n) is 7.63. The number of aromatic hydroxyl groups is 1. The van der Waals surface area contributed by atoms with Gasteiger partial charge in [0.1, 0.15) is 11.5 Å². The van der Waals surface area contributed by atoms with E-state index in [1.807, 2.05) is 0 Å². The van der Waals surface area contributed by atoms with Crippen LogP contribution in [0.25, 0.3) is 0 Å². The second kappa shape index (κ2) is 4.17. The molecular weight excluding hydrogens is 190 g/mol. The Morgan fingerprint density at radius 3 is 2.57 bits per heavy atom. The molecule has 2 nitrogen and oxygen atoms in total. The van der Waals surface area contributed by atoms with Crippen LogP contribution in [0, 0.1) is 0 Å². The molecule has 0 spiro atoms. The number of phenols is 1. The number of hydrogen-bond acceptors (Lipinski definition) is 2. The first-order valence-electron chi connectivity index (χ1n) is 4.10. The fourth-order valence-corrected chi connectivity index (χ4v) is 1.13. The zero-order chi connectivity index (χ0) is 10.7. The molecule has 14 heavy (non-hydrogen) atoms. The summed E-state index contributed by atoms with van der Waals surface area (Å²) in [7, 11) is 0. The first kappa shape index (κ1) is 10.6. The molecule has 1 rings (SSSR count). The summed E-state index contributed by atoms with van der Waals surface area (Å²) >= 11 is 0. The molecule has 0 heterocycles. The fourth-order valence-electron chi connectivity index (χ4n) is 1.13. The average molecular weight is 200 g/mol. The van der Waals surface area contributed by atoms with E-state index in [-0.39, 0.29) is 23.5 Å². The number of phenolic OH excluding ortho intramolecular Hbond substituents is 1. The van der Waals surface area contributed by atoms with Crippen molar-refractivity contribution in [1.82, 2.24) is 0 Å². The third kappa shape index (κ3) is 2.52. The molecule has 4 heteroatoms. The van der Waals surface area contributed by atoms with Crippen LogP contribution in [0.2, 0.25) is 0 Å². The molecule has 76 valence electrons. The van der Waals surface area contributed by atoms with Crippen molar-refractivity contribution in [2.75, 3.05) is 0 Å². The Morgan fingerprint density at radius 1 is 1.50 bits per heavy atom. The predicted molar refractivity (Wildman–Crippen MR) is 47.4 cm³/mol. The van der Waals surface area contributed by atoms with Crippen LogP contribution in [0.1, 0.15) is 24.5 Å². The molecule has 0 saturated carbocycles. The maximum absolute atomic E-state index is 12.2. The monoisotopic (exact) mass is 200 g/mol. The van der Waals surface area contributed by atoms with Crippen molar-refractivity contribution in [2.45, 2.75) is 19.8 Å². The van der Waals surface area contributed by atoms with Crippen LogP contribution >= 0.6 is 0 Å². The number of Topliss-reactive ketones (excluding diaryl/α,β-unsaturated/α-hetero) is 1. The summed E-state index contributed by atoms with van der Waals surface area (Å²) in [5, 5.41) is 9.30. The molecule has 0 radical (unpaired) electrons. The zero-order valence-corrected chi connectivity index (χ0v) is 7.63. The van der Waals surface area contributed by atoms with Gasteiger partial charge in [0.2, 0.25) is 0 Å². The Labute approximate surface area is 80.2 Å². The molecule has 0 atom stereocenters. The molecule has 0 amide bonds.